The van der Waals surface area contributed by atoms with Crippen LogP contribution in [0.3, 0.4) is 0 Å². The predicted octanol–water partition coefficient (Wildman–Crippen LogP) is 2.87. The molecule has 2 N–H and O–H groups in total. The van der Waals surface area contributed by atoms with Gasteiger partial charge in [-0.3, -0.25) is 30.6 Å². The average molecular weight is 341 g/mol. The number of nitrogens with one attached hydrogen (secondary N) is 2. The molecule has 2 rings (SSSR count). The van der Waals surface area contributed by atoms with E-state index < -0.39 is 16.7 Å². The summed E-state index contributed by atoms with van der Waals surface area (Å²) in [5.41, 5.74) is 5.98. The van der Waals surface area contributed by atoms with Gasteiger partial charge in [-0.05, 0) is 36.1 Å². The maximum absolute atomic E-state index is 12.1. The van der Waals surface area contributed by atoms with Crippen LogP contribution in [0.1, 0.15) is 40.1 Å². The number of non-ortho nitro benzene ring substituents is 1. The number of nitro groups is 1. The summed E-state index contributed by atoms with van der Waals surface area (Å²) in [6, 6.07) is 12.4. The first kappa shape index (κ1) is 18.1. The molecule has 2 aromatic rings. The van der Waals surface area contributed by atoms with Crippen molar-refractivity contribution in [3.63, 3.8) is 0 Å². The van der Waals surface area contributed by atoms with Crippen molar-refractivity contribution in [2.45, 2.75) is 20.3 Å². The zero-order valence-electron chi connectivity index (χ0n) is 14.0. The standard InChI is InChI=1S/C18H19N3O4/c1-12(2)10-13-6-8-14(9-7-13)17(22)19-20-18(23)15-4-3-5-16(11-15)21(24)25/h3-9,11-12H,10H2,1-2H3,(H,19,22)(H,20,23). The zero-order chi connectivity index (χ0) is 18.4. The maximum Gasteiger partial charge on any atom is 0.270 e. The molecule has 0 aliphatic rings. The van der Waals surface area contributed by atoms with Crippen LogP contribution in [0.25, 0.3) is 0 Å². The van der Waals surface area contributed by atoms with Crippen LogP contribution in [0.5, 0.6) is 0 Å². The van der Waals surface area contributed by atoms with Crippen molar-refractivity contribution in [2.75, 3.05) is 0 Å². The van der Waals surface area contributed by atoms with Crippen molar-refractivity contribution in [2.24, 2.45) is 5.92 Å². The Bertz CT molecular complexity index is 785. The quantitative estimate of drug-likeness (QED) is 0.645. The highest BCUT2D eigenvalue weighted by molar-refractivity contribution is 5.99. The number of hydrogen-bond donors (Lipinski definition) is 2. The molecule has 0 aliphatic heterocycles. The molecule has 0 bridgehead atoms. The Hall–Kier alpha value is -3.22. The first-order valence-electron chi connectivity index (χ1n) is 7.81. The van der Waals surface area contributed by atoms with Crippen molar-refractivity contribution in [3.8, 4) is 0 Å². The Morgan fingerprint density at radius 2 is 1.60 bits per heavy atom. The van der Waals surface area contributed by atoms with Gasteiger partial charge in [0.05, 0.1) is 4.92 Å². The first-order chi connectivity index (χ1) is 11.9. The minimum atomic E-state index is -0.631. The van der Waals surface area contributed by atoms with E-state index in [2.05, 4.69) is 24.7 Å². The SMILES string of the molecule is CC(C)Cc1ccc(C(=O)NNC(=O)c2cccc([N+](=O)[O-])c2)cc1. The maximum atomic E-state index is 12.1. The molecule has 0 saturated heterocycles. The molecule has 0 heterocycles. The van der Waals surface area contributed by atoms with Gasteiger partial charge in [-0.2, -0.15) is 0 Å². The number of nitro benzene ring substituents is 1. The monoisotopic (exact) mass is 341 g/mol. The van der Waals surface area contributed by atoms with Crippen LogP contribution in [0, 0.1) is 16.0 Å². The van der Waals surface area contributed by atoms with E-state index in [4.69, 9.17) is 0 Å². The van der Waals surface area contributed by atoms with Crippen LogP contribution in [0.15, 0.2) is 48.5 Å². The molecule has 0 atom stereocenters. The first-order valence-corrected chi connectivity index (χ1v) is 7.81. The predicted molar refractivity (Wildman–Crippen MR) is 93.0 cm³/mol. The van der Waals surface area contributed by atoms with Crippen LogP contribution in [-0.4, -0.2) is 16.7 Å². The topological polar surface area (TPSA) is 101 Å². The third-order valence-corrected chi connectivity index (χ3v) is 3.47. The van der Waals surface area contributed by atoms with Gasteiger partial charge < -0.3 is 0 Å². The highest BCUT2D eigenvalue weighted by Crippen LogP contribution is 2.13. The van der Waals surface area contributed by atoms with Crippen molar-refractivity contribution < 1.29 is 14.5 Å². The number of amides is 2. The van der Waals surface area contributed by atoms with Crippen molar-refractivity contribution in [1.82, 2.24) is 10.9 Å². The lowest BCUT2D eigenvalue weighted by molar-refractivity contribution is -0.384. The summed E-state index contributed by atoms with van der Waals surface area (Å²) in [6.45, 7) is 4.23. The summed E-state index contributed by atoms with van der Waals surface area (Å²) in [4.78, 5) is 34.2. The van der Waals surface area contributed by atoms with Crippen molar-refractivity contribution in [3.05, 3.63) is 75.3 Å². The molecule has 0 saturated carbocycles. The van der Waals surface area contributed by atoms with Crippen LogP contribution in [0.2, 0.25) is 0 Å². The largest absolute Gasteiger partial charge is 0.270 e. The van der Waals surface area contributed by atoms with Gasteiger partial charge in [-0.15, -0.1) is 0 Å². The molecule has 0 aromatic heterocycles. The molecule has 130 valence electrons. The molecule has 0 spiro atoms. The summed E-state index contributed by atoms with van der Waals surface area (Å²) in [7, 11) is 0. The Morgan fingerprint density at radius 3 is 2.16 bits per heavy atom. The molecule has 7 nitrogen and oxygen atoms in total. The number of carbonyl (C=O) groups excluding carboxylic acids is 2. The van der Waals surface area contributed by atoms with Gasteiger partial charge in [-0.1, -0.05) is 32.0 Å². The van der Waals surface area contributed by atoms with E-state index >= 15 is 0 Å². The van der Waals surface area contributed by atoms with Gasteiger partial charge in [0.25, 0.3) is 17.5 Å². The minimum Gasteiger partial charge on any atom is -0.267 e. The Balaban J connectivity index is 1.96. The summed E-state index contributed by atoms with van der Waals surface area (Å²) < 4.78 is 0. The fourth-order valence-corrected chi connectivity index (χ4v) is 2.28. The number of hydrogen-bond acceptors (Lipinski definition) is 4. The second-order valence-electron chi connectivity index (χ2n) is 6.01. The molecule has 7 heteroatoms. The summed E-state index contributed by atoms with van der Waals surface area (Å²) >= 11 is 0. The molecular weight excluding hydrogens is 322 g/mol. The van der Waals surface area contributed by atoms with Gasteiger partial charge in [0.1, 0.15) is 0 Å². The van der Waals surface area contributed by atoms with E-state index in [0.717, 1.165) is 18.1 Å². The van der Waals surface area contributed by atoms with Crippen LogP contribution in [0.4, 0.5) is 5.69 Å². The van der Waals surface area contributed by atoms with Crippen LogP contribution < -0.4 is 10.9 Å². The second kappa shape index (κ2) is 8.05. The molecular formula is C18H19N3O4. The molecule has 2 amide bonds. The number of benzene rings is 2. The molecule has 0 unspecified atom stereocenters. The van der Waals surface area contributed by atoms with Gasteiger partial charge in [0.15, 0.2) is 0 Å². The van der Waals surface area contributed by atoms with E-state index in [9.17, 15) is 19.7 Å². The third kappa shape index (κ3) is 5.13. The molecule has 0 fully saturated rings. The van der Waals surface area contributed by atoms with Crippen molar-refractivity contribution >= 4 is 17.5 Å². The van der Waals surface area contributed by atoms with Gasteiger partial charge in [-0.25, -0.2) is 0 Å². The lowest BCUT2D eigenvalue weighted by Gasteiger charge is -2.09. The Labute approximate surface area is 145 Å². The fraction of sp³-hybridized carbons (Fsp3) is 0.222. The molecule has 0 aliphatic carbocycles. The van der Waals surface area contributed by atoms with Gasteiger partial charge >= 0.3 is 0 Å². The summed E-state index contributed by atoms with van der Waals surface area (Å²) in [5.74, 6) is -0.572. The van der Waals surface area contributed by atoms with E-state index in [1.54, 1.807) is 12.1 Å². The van der Waals surface area contributed by atoms with Crippen molar-refractivity contribution in [1.29, 1.82) is 0 Å². The lowest BCUT2D eigenvalue weighted by atomic mass is 10.0. The normalized spacial score (nSPS) is 10.4. The fourth-order valence-electron chi connectivity index (χ4n) is 2.28. The van der Waals surface area contributed by atoms with E-state index in [1.165, 1.54) is 18.2 Å². The van der Waals surface area contributed by atoms with Crippen LogP contribution in [-0.2, 0) is 6.42 Å². The number of nitrogens with zero attached hydrogens (tertiary/aromatic N) is 1. The lowest BCUT2D eigenvalue weighted by Crippen LogP contribution is -2.41. The molecule has 2 aromatic carbocycles. The van der Waals surface area contributed by atoms with Gasteiger partial charge in [0, 0.05) is 23.3 Å². The number of rotatable bonds is 5. The molecule has 25 heavy (non-hydrogen) atoms. The molecule has 0 radical (unpaired) electrons. The van der Waals surface area contributed by atoms with E-state index in [0.29, 0.717) is 11.5 Å². The zero-order valence-corrected chi connectivity index (χ0v) is 14.0. The summed E-state index contributed by atoms with van der Waals surface area (Å²) in [6.07, 6.45) is 0.922. The third-order valence-electron chi connectivity index (χ3n) is 3.47. The Morgan fingerprint density at radius 1 is 1.00 bits per heavy atom. The minimum absolute atomic E-state index is 0.0850. The van der Waals surface area contributed by atoms with Crippen LogP contribution >= 0.6 is 0 Å². The number of carbonyl (C=O) groups is 2. The highest BCUT2D eigenvalue weighted by Gasteiger charge is 2.13. The number of hydrazine groups is 1. The average Bonchev–Trinajstić information content (AvgIpc) is 2.59. The highest BCUT2D eigenvalue weighted by atomic mass is 16.6. The second-order valence-corrected chi connectivity index (χ2v) is 6.01. The van der Waals surface area contributed by atoms with E-state index in [1.807, 2.05) is 12.1 Å². The van der Waals surface area contributed by atoms with Gasteiger partial charge in [0.2, 0.25) is 0 Å². The van der Waals surface area contributed by atoms with E-state index in [-0.39, 0.29) is 11.3 Å². The Kier molecular flexibility index (Phi) is 5.84. The smallest absolute Gasteiger partial charge is 0.267 e. The summed E-state index contributed by atoms with van der Waals surface area (Å²) in [5, 5.41) is 10.7.